The van der Waals surface area contributed by atoms with Crippen LogP contribution in [0.4, 0.5) is 0 Å². The highest BCUT2D eigenvalue weighted by atomic mass is 16.5. The van der Waals surface area contributed by atoms with E-state index in [1.165, 1.54) is 0 Å². The minimum Gasteiger partial charge on any atom is -0.481 e. The van der Waals surface area contributed by atoms with Gasteiger partial charge in [-0.1, -0.05) is 6.07 Å². The van der Waals surface area contributed by atoms with E-state index in [4.69, 9.17) is 4.74 Å². The van der Waals surface area contributed by atoms with E-state index in [-0.39, 0.29) is 11.8 Å². The first-order valence-corrected chi connectivity index (χ1v) is 7.61. The number of aryl methyl sites for hydroxylation is 1. The molecule has 0 saturated carbocycles. The number of carboxylic acid groups (broad SMARTS) is 1. The van der Waals surface area contributed by atoms with Gasteiger partial charge in [-0.3, -0.25) is 14.6 Å². The molecule has 1 aromatic rings. The molecule has 0 unspecified atom stereocenters. The number of pyridine rings is 1. The first-order chi connectivity index (χ1) is 10.6. The van der Waals surface area contributed by atoms with Crippen LogP contribution in [0.5, 0.6) is 0 Å². The van der Waals surface area contributed by atoms with Crippen LogP contribution < -0.4 is 0 Å². The van der Waals surface area contributed by atoms with Crippen molar-refractivity contribution in [2.24, 2.45) is 11.3 Å². The highest BCUT2D eigenvalue weighted by Crippen LogP contribution is 2.42. The van der Waals surface area contributed by atoms with Crippen LogP contribution in [0.25, 0.3) is 0 Å². The normalized spacial score (nSPS) is 27.5. The molecule has 6 heteroatoms. The zero-order valence-electron chi connectivity index (χ0n) is 12.4. The maximum Gasteiger partial charge on any atom is 0.311 e. The van der Waals surface area contributed by atoms with Gasteiger partial charge in [0.25, 0.3) is 0 Å². The van der Waals surface area contributed by atoms with E-state index in [9.17, 15) is 14.7 Å². The highest BCUT2D eigenvalue weighted by Gasteiger charge is 2.54. The van der Waals surface area contributed by atoms with E-state index in [0.717, 1.165) is 5.69 Å². The Morgan fingerprint density at radius 2 is 2.32 bits per heavy atom. The van der Waals surface area contributed by atoms with E-state index in [2.05, 4.69) is 4.98 Å². The van der Waals surface area contributed by atoms with E-state index in [1.807, 2.05) is 18.2 Å². The number of carbonyl (C=O) groups is 2. The van der Waals surface area contributed by atoms with Crippen LogP contribution in [0.2, 0.25) is 0 Å². The number of fused-ring (bicyclic) bond motifs is 1. The Hall–Kier alpha value is -1.95. The third-order valence-electron chi connectivity index (χ3n) is 4.81. The minimum absolute atomic E-state index is 0.000628. The molecule has 2 aliphatic heterocycles. The molecular formula is C16H20N2O4. The van der Waals surface area contributed by atoms with Crippen molar-refractivity contribution >= 4 is 11.9 Å². The highest BCUT2D eigenvalue weighted by molar-refractivity contribution is 5.81. The van der Waals surface area contributed by atoms with E-state index < -0.39 is 11.4 Å². The maximum absolute atomic E-state index is 12.4. The van der Waals surface area contributed by atoms with Crippen molar-refractivity contribution in [3.8, 4) is 0 Å². The van der Waals surface area contributed by atoms with Crippen molar-refractivity contribution in [3.63, 3.8) is 0 Å². The lowest BCUT2D eigenvalue weighted by atomic mass is 9.74. The Labute approximate surface area is 129 Å². The molecule has 118 valence electrons. The summed E-state index contributed by atoms with van der Waals surface area (Å²) in [6.45, 7) is 1.67. The maximum atomic E-state index is 12.4. The van der Waals surface area contributed by atoms with Crippen molar-refractivity contribution < 1.29 is 19.4 Å². The molecule has 6 nitrogen and oxygen atoms in total. The van der Waals surface area contributed by atoms with E-state index in [0.29, 0.717) is 45.6 Å². The Bertz CT molecular complexity index is 563. The molecule has 22 heavy (non-hydrogen) atoms. The number of rotatable bonds is 4. The van der Waals surface area contributed by atoms with Crippen LogP contribution in [0.15, 0.2) is 24.4 Å². The fraction of sp³-hybridized carbons (Fsp3) is 0.562. The first-order valence-electron chi connectivity index (χ1n) is 7.61. The number of likely N-dealkylation sites (tertiary alicyclic amines) is 1. The third kappa shape index (κ3) is 2.70. The zero-order chi connectivity index (χ0) is 15.6. The number of amides is 1. The van der Waals surface area contributed by atoms with Crippen molar-refractivity contribution in [2.45, 2.75) is 19.3 Å². The summed E-state index contributed by atoms with van der Waals surface area (Å²) >= 11 is 0. The SMILES string of the molecule is O=C(CCc1ccccn1)N1C[C@H]2COCC[C@@]2(C(=O)O)C1. The second kappa shape index (κ2) is 6.04. The predicted molar refractivity (Wildman–Crippen MR) is 78.1 cm³/mol. The molecule has 3 heterocycles. The van der Waals surface area contributed by atoms with Gasteiger partial charge in [0.2, 0.25) is 5.91 Å². The number of aliphatic carboxylic acids is 1. The Balaban J connectivity index is 1.63. The third-order valence-corrected chi connectivity index (χ3v) is 4.81. The number of aromatic nitrogens is 1. The van der Waals surface area contributed by atoms with Gasteiger partial charge in [0.1, 0.15) is 0 Å². The second-order valence-corrected chi connectivity index (χ2v) is 6.08. The Kier molecular flexibility index (Phi) is 4.11. The quantitative estimate of drug-likeness (QED) is 0.896. The van der Waals surface area contributed by atoms with Crippen LogP contribution in [0, 0.1) is 11.3 Å². The molecule has 0 bridgehead atoms. The fourth-order valence-electron chi connectivity index (χ4n) is 3.43. The zero-order valence-corrected chi connectivity index (χ0v) is 12.4. The molecule has 0 aromatic carbocycles. The average Bonchev–Trinajstić information content (AvgIpc) is 2.95. The van der Waals surface area contributed by atoms with Crippen LogP contribution in [0.3, 0.4) is 0 Å². The first kappa shape index (κ1) is 15.0. The van der Waals surface area contributed by atoms with E-state index in [1.54, 1.807) is 11.1 Å². The van der Waals surface area contributed by atoms with Gasteiger partial charge < -0.3 is 14.7 Å². The van der Waals surface area contributed by atoms with Crippen molar-refractivity contribution in [2.75, 3.05) is 26.3 Å². The number of nitrogens with zero attached hydrogens (tertiary/aromatic N) is 2. The Morgan fingerprint density at radius 3 is 3.00 bits per heavy atom. The predicted octanol–water partition coefficient (Wildman–Crippen LogP) is 0.964. The van der Waals surface area contributed by atoms with Gasteiger partial charge in [0.05, 0.1) is 12.0 Å². The molecule has 2 saturated heterocycles. The van der Waals surface area contributed by atoms with Gasteiger partial charge in [0.15, 0.2) is 0 Å². The summed E-state index contributed by atoms with van der Waals surface area (Å²) in [6, 6.07) is 5.63. The molecule has 2 atom stereocenters. The fourth-order valence-corrected chi connectivity index (χ4v) is 3.43. The van der Waals surface area contributed by atoms with E-state index >= 15 is 0 Å². The van der Waals surface area contributed by atoms with Gasteiger partial charge in [-0.15, -0.1) is 0 Å². The van der Waals surface area contributed by atoms with Crippen LogP contribution in [-0.4, -0.2) is 53.2 Å². The molecule has 1 N–H and O–H groups in total. The summed E-state index contributed by atoms with van der Waals surface area (Å²) in [4.78, 5) is 30.0. The molecule has 2 fully saturated rings. The lowest BCUT2D eigenvalue weighted by Crippen LogP contribution is -2.45. The molecule has 2 aliphatic rings. The molecule has 0 radical (unpaired) electrons. The summed E-state index contributed by atoms with van der Waals surface area (Å²) in [5.74, 6) is -0.904. The van der Waals surface area contributed by atoms with Crippen LogP contribution in [-0.2, 0) is 20.7 Å². The monoisotopic (exact) mass is 304 g/mol. The van der Waals surface area contributed by atoms with Crippen molar-refractivity contribution in [1.82, 2.24) is 9.88 Å². The topological polar surface area (TPSA) is 79.7 Å². The summed E-state index contributed by atoms with van der Waals surface area (Å²) in [7, 11) is 0. The van der Waals surface area contributed by atoms with Crippen LogP contribution >= 0.6 is 0 Å². The lowest BCUT2D eigenvalue weighted by Gasteiger charge is -2.33. The summed E-state index contributed by atoms with van der Waals surface area (Å²) in [5, 5.41) is 9.60. The largest absolute Gasteiger partial charge is 0.481 e. The number of hydrogen-bond acceptors (Lipinski definition) is 4. The van der Waals surface area contributed by atoms with Crippen molar-refractivity contribution in [3.05, 3.63) is 30.1 Å². The number of hydrogen-bond donors (Lipinski definition) is 1. The smallest absolute Gasteiger partial charge is 0.311 e. The standard InChI is InChI=1S/C16H20N2O4/c19-14(5-4-13-3-1-2-7-17-13)18-9-12-10-22-8-6-16(12,11-18)15(20)21/h1-3,7,12H,4-6,8-11H2,(H,20,21)/t12-,16+/m0/s1. The minimum atomic E-state index is -0.821. The Morgan fingerprint density at radius 1 is 1.45 bits per heavy atom. The number of ether oxygens (including phenoxy) is 1. The summed E-state index contributed by atoms with van der Waals surface area (Å²) in [5.41, 5.74) is 0.0579. The summed E-state index contributed by atoms with van der Waals surface area (Å²) in [6.07, 6.45) is 3.13. The number of carboxylic acids is 1. The molecule has 0 spiro atoms. The molecule has 0 aliphatic carbocycles. The van der Waals surface area contributed by atoms with Crippen LogP contribution in [0.1, 0.15) is 18.5 Å². The molecule has 3 rings (SSSR count). The van der Waals surface area contributed by atoms with Crippen molar-refractivity contribution in [1.29, 1.82) is 0 Å². The molecule has 1 amide bonds. The van der Waals surface area contributed by atoms with Gasteiger partial charge in [-0.05, 0) is 25.0 Å². The van der Waals surface area contributed by atoms with Gasteiger partial charge >= 0.3 is 5.97 Å². The van der Waals surface area contributed by atoms with Gasteiger partial charge in [-0.25, -0.2) is 0 Å². The molecule has 1 aromatic heterocycles. The number of carbonyl (C=O) groups excluding carboxylic acids is 1. The summed E-state index contributed by atoms with van der Waals surface area (Å²) < 4.78 is 5.40. The second-order valence-electron chi connectivity index (χ2n) is 6.08. The van der Waals surface area contributed by atoms with Gasteiger partial charge in [-0.2, -0.15) is 0 Å². The average molecular weight is 304 g/mol. The lowest BCUT2D eigenvalue weighted by molar-refractivity contribution is -0.157. The van der Waals surface area contributed by atoms with Gasteiger partial charge in [0, 0.05) is 43.9 Å². The molecular weight excluding hydrogens is 284 g/mol.